The monoisotopic (exact) mass is 620 g/mol. The highest BCUT2D eigenvalue weighted by Gasteiger charge is 2.43. The van der Waals surface area contributed by atoms with Crippen LogP contribution in [0.1, 0.15) is 28.4 Å². The molecule has 6 rings (SSSR count). The summed E-state index contributed by atoms with van der Waals surface area (Å²) >= 11 is 0. The molecule has 2 aliphatic rings. The number of ether oxygens (including phenoxy) is 1. The van der Waals surface area contributed by atoms with Crippen molar-refractivity contribution in [1.29, 1.82) is 0 Å². The summed E-state index contributed by atoms with van der Waals surface area (Å²) in [5, 5.41) is 10.1. The van der Waals surface area contributed by atoms with Crippen molar-refractivity contribution < 1.29 is 22.7 Å². The molecule has 0 spiro atoms. The van der Waals surface area contributed by atoms with E-state index in [4.69, 9.17) is 10.5 Å². The number of halogens is 3. The number of alkyl halides is 3. The Balaban J connectivity index is 1.36. The highest BCUT2D eigenvalue weighted by Crippen LogP contribution is 2.37. The zero-order valence-electron chi connectivity index (χ0n) is 24.8. The lowest BCUT2D eigenvalue weighted by Gasteiger charge is -2.53. The van der Waals surface area contributed by atoms with Gasteiger partial charge in [-0.3, -0.25) is 19.5 Å². The van der Waals surface area contributed by atoms with Gasteiger partial charge in [-0.05, 0) is 39.8 Å². The Hall–Kier alpha value is -4.33. The second kappa shape index (κ2) is 13.0. The number of methoxy groups -OCH3 is 1. The molecular formula is C32H35F3N8O2. The number of carbonyl (C=O) groups is 1. The molecule has 3 heterocycles. The van der Waals surface area contributed by atoms with Gasteiger partial charge in [-0.25, -0.2) is 0 Å². The number of rotatable bonds is 9. The van der Waals surface area contributed by atoms with E-state index < -0.39 is 12.0 Å². The van der Waals surface area contributed by atoms with Gasteiger partial charge in [0, 0.05) is 62.8 Å². The van der Waals surface area contributed by atoms with E-state index in [1.54, 1.807) is 19.2 Å². The first-order chi connectivity index (χ1) is 21.7. The van der Waals surface area contributed by atoms with Crippen molar-refractivity contribution >= 4 is 5.91 Å². The average Bonchev–Trinajstić information content (AvgIpc) is 3.53. The Labute approximate surface area is 259 Å². The van der Waals surface area contributed by atoms with Crippen molar-refractivity contribution in [1.82, 2.24) is 34.9 Å². The Morgan fingerprint density at radius 3 is 2.24 bits per heavy atom. The van der Waals surface area contributed by atoms with Crippen LogP contribution in [-0.4, -0.2) is 99.3 Å². The van der Waals surface area contributed by atoms with Gasteiger partial charge in [0.1, 0.15) is 5.75 Å². The fraction of sp³-hybridized carbons (Fsp3) is 0.375. The van der Waals surface area contributed by atoms with Crippen LogP contribution in [0.2, 0.25) is 0 Å². The number of hydrogen-bond acceptors (Lipinski definition) is 8. The Morgan fingerprint density at radius 1 is 0.956 bits per heavy atom. The van der Waals surface area contributed by atoms with E-state index in [0.717, 1.165) is 13.1 Å². The van der Waals surface area contributed by atoms with Crippen LogP contribution in [0.15, 0.2) is 78.9 Å². The number of amides is 1. The van der Waals surface area contributed by atoms with E-state index in [0.29, 0.717) is 42.2 Å². The number of hydrogen-bond donors (Lipinski definition) is 1. The van der Waals surface area contributed by atoms with Crippen LogP contribution in [0.4, 0.5) is 13.2 Å². The summed E-state index contributed by atoms with van der Waals surface area (Å²) in [6, 6.07) is 25.9. The van der Waals surface area contributed by atoms with Crippen molar-refractivity contribution in [3.05, 3.63) is 101 Å². The van der Waals surface area contributed by atoms with Gasteiger partial charge in [0.25, 0.3) is 5.82 Å². The van der Waals surface area contributed by atoms with E-state index in [-0.39, 0.29) is 36.1 Å². The number of nitrogens with zero attached hydrogens (tertiary/aromatic N) is 7. The molecule has 45 heavy (non-hydrogen) atoms. The molecule has 3 aromatic carbocycles. The van der Waals surface area contributed by atoms with E-state index in [9.17, 15) is 18.0 Å². The van der Waals surface area contributed by atoms with E-state index in [1.807, 2.05) is 12.1 Å². The topological polar surface area (TPSA) is 106 Å². The minimum absolute atomic E-state index is 0.0594. The first-order valence-electron chi connectivity index (χ1n) is 14.8. The van der Waals surface area contributed by atoms with Crippen molar-refractivity contribution in [2.45, 2.75) is 30.7 Å². The lowest BCUT2D eigenvalue weighted by atomic mass is 9.81. The smallest absolute Gasteiger partial charge is 0.453 e. The van der Waals surface area contributed by atoms with E-state index >= 15 is 0 Å². The summed E-state index contributed by atoms with van der Waals surface area (Å²) in [6.45, 7) is 4.19. The number of nitrogens with two attached hydrogens (primary N) is 1. The maximum absolute atomic E-state index is 13.6. The number of tetrazole rings is 1. The summed E-state index contributed by atoms with van der Waals surface area (Å²) in [5.41, 5.74) is 8.87. The first-order valence-corrected chi connectivity index (χ1v) is 14.8. The van der Waals surface area contributed by atoms with Gasteiger partial charge >= 0.3 is 6.18 Å². The zero-order chi connectivity index (χ0) is 31.6. The molecule has 0 saturated carbocycles. The Kier molecular flexibility index (Phi) is 8.83. The molecule has 1 amide bonds. The van der Waals surface area contributed by atoms with Gasteiger partial charge in [0.15, 0.2) is 0 Å². The van der Waals surface area contributed by atoms with E-state index in [2.05, 4.69) is 78.8 Å². The lowest BCUT2D eigenvalue weighted by molar-refractivity contribution is -0.146. The molecule has 236 valence electrons. The molecule has 2 fully saturated rings. The number of benzene rings is 3. The minimum atomic E-state index is -4.71. The Bertz CT molecular complexity index is 1560. The molecule has 2 saturated heterocycles. The molecule has 2 atom stereocenters. The average molecular weight is 621 g/mol. The van der Waals surface area contributed by atoms with Crippen molar-refractivity contribution in [3.8, 4) is 11.4 Å². The highest BCUT2D eigenvalue weighted by atomic mass is 19.4. The summed E-state index contributed by atoms with van der Waals surface area (Å²) < 4.78 is 47.2. The third kappa shape index (κ3) is 6.70. The number of piperazine rings is 2. The van der Waals surface area contributed by atoms with Crippen LogP contribution in [0.25, 0.3) is 5.69 Å². The molecule has 10 nitrogen and oxygen atoms in total. The molecule has 0 unspecified atom stereocenters. The fourth-order valence-electron chi connectivity index (χ4n) is 6.82. The number of primary amides is 1. The second-order valence-corrected chi connectivity index (χ2v) is 11.6. The van der Waals surface area contributed by atoms with Crippen LogP contribution in [0, 0.1) is 0 Å². The predicted molar refractivity (Wildman–Crippen MR) is 161 cm³/mol. The molecule has 0 radical (unpaired) electrons. The first kappa shape index (κ1) is 30.7. The molecule has 4 aromatic rings. The van der Waals surface area contributed by atoms with Crippen LogP contribution >= 0.6 is 0 Å². The van der Waals surface area contributed by atoms with E-state index in [1.165, 1.54) is 17.2 Å². The molecule has 0 bridgehead atoms. The summed E-state index contributed by atoms with van der Waals surface area (Å²) in [5.74, 6) is -0.940. The van der Waals surface area contributed by atoms with Crippen molar-refractivity contribution in [2.75, 3.05) is 46.4 Å². The van der Waals surface area contributed by atoms with Gasteiger partial charge in [-0.2, -0.15) is 17.9 Å². The normalized spacial score (nSPS) is 19.8. The van der Waals surface area contributed by atoms with Gasteiger partial charge in [-0.1, -0.05) is 60.7 Å². The molecule has 1 aromatic heterocycles. The van der Waals surface area contributed by atoms with Crippen molar-refractivity contribution in [2.24, 2.45) is 5.73 Å². The van der Waals surface area contributed by atoms with Crippen LogP contribution in [-0.2, 0) is 17.5 Å². The number of fused-ring (bicyclic) bond motifs is 1. The van der Waals surface area contributed by atoms with Crippen LogP contribution in [0.3, 0.4) is 0 Å². The standard InChI is InChI=1S/C32H35F3N8O2/c1-45-28-13-12-25(43-31(32(33,34)35)37-38-39-43)16-24(28)17-41-19-26-18-40(21-29(36)44)14-15-42(26)27(20-41)30(22-8-4-2-5-9-22)23-10-6-3-7-11-23/h2-13,16,26-27,30H,14-15,17-21H2,1H3,(H2,36,44)/t26-,27-/m0/s1. The molecule has 0 aliphatic carbocycles. The molecule has 2 aliphatic heterocycles. The number of carbonyl (C=O) groups excluding carboxylic acids is 1. The Morgan fingerprint density at radius 2 is 1.62 bits per heavy atom. The third-order valence-corrected chi connectivity index (χ3v) is 8.66. The van der Waals surface area contributed by atoms with Crippen LogP contribution < -0.4 is 10.5 Å². The molecule has 2 N–H and O–H groups in total. The lowest BCUT2D eigenvalue weighted by Crippen LogP contribution is -2.67. The summed E-state index contributed by atoms with van der Waals surface area (Å²) in [4.78, 5) is 18.8. The zero-order valence-corrected chi connectivity index (χ0v) is 24.8. The van der Waals surface area contributed by atoms with Gasteiger partial charge in [0.05, 0.1) is 19.3 Å². The third-order valence-electron chi connectivity index (χ3n) is 8.66. The quantitative estimate of drug-likeness (QED) is 0.304. The fourth-order valence-corrected chi connectivity index (χ4v) is 6.82. The molecule has 13 heteroatoms. The van der Waals surface area contributed by atoms with Gasteiger partial charge in [0.2, 0.25) is 5.91 Å². The van der Waals surface area contributed by atoms with Crippen molar-refractivity contribution in [3.63, 3.8) is 0 Å². The SMILES string of the molecule is COc1ccc(-n2nnnc2C(F)(F)F)cc1CN1C[C@@H]2CN(CC(N)=O)CCN2[C@H](C(c2ccccc2)c2ccccc2)C1. The molecular weight excluding hydrogens is 585 g/mol. The van der Waals surface area contributed by atoms with Crippen LogP contribution in [0.5, 0.6) is 5.75 Å². The predicted octanol–water partition coefficient (Wildman–Crippen LogP) is 3.18. The second-order valence-electron chi connectivity index (χ2n) is 11.6. The van der Waals surface area contributed by atoms with Gasteiger partial charge < -0.3 is 10.5 Å². The summed E-state index contributed by atoms with van der Waals surface area (Å²) in [7, 11) is 1.54. The minimum Gasteiger partial charge on any atom is -0.496 e. The summed E-state index contributed by atoms with van der Waals surface area (Å²) in [6.07, 6.45) is -4.71. The van der Waals surface area contributed by atoms with Gasteiger partial charge in [-0.15, -0.1) is 5.10 Å². The largest absolute Gasteiger partial charge is 0.496 e. The highest BCUT2D eigenvalue weighted by molar-refractivity contribution is 5.75. The number of aromatic nitrogens is 4. The maximum Gasteiger partial charge on any atom is 0.453 e. The maximum atomic E-state index is 13.6.